The molecule has 0 unspecified atom stereocenters. The van der Waals surface area contributed by atoms with Gasteiger partial charge in [0.1, 0.15) is 5.78 Å². The SMILES string of the molecule is CCC(=O)Cc1ccc(N(C)C(C)(C)C)cc1. The van der Waals surface area contributed by atoms with Crippen molar-refractivity contribution in [2.45, 2.75) is 46.1 Å². The second-order valence-electron chi connectivity index (χ2n) is 5.47. The van der Waals surface area contributed by atoms with Gasteiger partial charge in [-0.05, 0) is 38.5 Å². The average Bonchev–Trinajstić information content (AvgIpc) is 2.27. The van der Waals surface area contributed by atoms with Crippen molar-refractivity contribution in [1.82, 2.24) is 0 Å². The highest BCUT2D eigenvalue weighted by Crippen LogP contribution is 2.22. The van der Waals surface area contributed by atoms with Gasteiger partial charge in [-0.3, -0.25) is 4.79 Å². The smallest absolute Gasteiger partial charge is 0.136 e. The summed E-state index contributed by atoms with van der Waals surface area (Å²) in [6, 6.07) is 8.27. The van der Waals surface area contributed by atoms with Gasteiger partial charge in [-0.2, -0.15) is 0 Å². The highest BCUT2D eigenvalue weighted by atomic mass is 16.1. The predicted molar refractivity (Wildman–Crippen MR) is 73.6 cm³/mol. The van der Waals surface area contributed by atoms with E-state index in [0.717, 1.165) is 5.56 Å². The molecule has 0 heterocycles. The Morgan fingerprint density at radius 1 is 1.18 bits per heavy atom. The summed E-state index contributed by atoms with van der Waals surface area (Å²) in [5, 5.41) is 0. The van der Waals surface area contributed by atoms with Crippen molar-refractivity contribution in [2.75, 3.05) is 11.9 Å². The second kappa shape index (κ2) is 5.35. The Morgan fingerprint density at radius 2 is 1.71 bits per heavy atom. The van der Waals surface area contributed by atoms with Crippen LogP contribution in [0.3, 0.4) is 0 Å². The second-order valence-corrected chi connectivity index (χ2v) is 5.47. The number of benzene rings is 1. The number of rotatable bonds is 4. The molecule has 2 nitrogen and oxygen atoms in total. The molecule has 1 aromatic carbocycles. The molecule has 0 bridgehead atoms. The predicted octanol–water partition coefficient (Wildman–Crippen LogP) is 3.44. The molecule has 0 fully saturated rings. The first-order valence-corrected chi connectivity index (χ1v) is 6.19. The standard InChI is InChI=1S/C15H23NO/c1-6-14(17)11-12-7-9-13(10-8-12)16(5)15(2,3)4/h7-10H,6,11H2,1-5H3. The molecular weight excluding hydrogens is 210 g/mol. The average molecular weight is 233 g/mol. The molecule has 0 aliphatic heterocycles. The van der Waals surface area contributed by atoms with E-state index in [1.165, 1.54) is 5.69 Å². The van der Waals surface area contributed by atoms with Gasteiger partial charge in [0.2, 0.25) is 0 Å². The lowest BCUT2D eigenvalue weighted by molar-refractivity contribution is -0.118. The van der Waals surface area contributed by atoms with Crippen molar-refractivity contribution in [3.05, 3.63) is 29.8 Å². The molecule has 0 N–H and O–H groups in total. The lowest BCUT2D eigenvalue weighted by Gasteiger charge is -2.34. The maximum Gasteiger partial charge on any atom is 0.136 e. The zero-order valence-corrected chi connectivity index (χ0v) is 11.6. The zero-order chi connectivity index (χ0) is 13.1. The lowest BCUT2D eigenvalue weighted by Crippen LogP contribution is -2.37. The minimum Gasteiger partial charge on any atom is -0.370 e. The number of nitrogens with zero attached hydrogens (tertiary/aromatic N) is 1. The minimum absolute atomic E-state index is 0.112. The molecule has 94 valence electrons. The molecule has 0 spiro atoms. The quantitative estimate of drug-likeness (QED) is 0.794. The van der Waals surface area contributed by atoms with Gasteiger partial charge in [-0.1, -0.05) is 19.1 Å². The van der Waals surface area contributed by atoms with Crippen LogP contribution < -0.4 is 4.90 Å². The zero-order valence-electron chi connectivity index (χ0n) is 11.6. The summed E-state index contributed by atoms with van der Waals surface area (Å²) in [6.07, 6.45) is 1.17. The van der Waals surface area contributed by atoms with Crippen molar-refractivity contribution in [2.24, 2.45) is 0 Å². The van der Waals surface area contributed by atoms with E-state index >= 15 is 0 Å². The van der Waals surface area contributed by atoms with Crippen LogP contribution in [0.5, 0.6) is 0 Å². The molecule has 0 aliphatic rings. The molecule has 0 amide bonds. The van der Waals surface area contributed by atoms with Gasteiger partial charge in [0.05, 0.1) is 0 Å². The van der Waals surface area contributed by atoms with Crippen LogP contribution in [-0.4, -0.2) is 18.4 Å². The fourth-order valence-electron chi connectivity index (χ4n) is 1.58. The van der Waals surface area contributed by atoms with Crippen LogP contribution in [0.25, 0.3) is 0 Å². The molecule has 2 heteroatoms. The number of carbonyl (C=O) groups excluding carboxylic acids is 1. The summed E-state index contributed by atoms with van der Waals surface area (Å²) in [6.45, 7) is 8.45. The highest BCUT2D eigenvalue weighted by Gasteiger charge is 2.17. The van der Waals surface area contributed by atoms with Crippen molar-refractivity contribution in [1.29, 1.82) is 0 Å². The molecule has 0 atom stereocenters. The van der Waals surface area contributed by atoms with Gasteiger partial charge < -0.3 is 4.90 Å². The van der Waals surface area contributed by atoms with Crippen molar-refractivity contribution >= 4 is 11.5 Å². The van der Waals surface area contributed by atoms with Crippen LogP contribution in [0.15, 0.2) is 24.3 Å². The minimum atomic E-state index is 0.112. The van der Waals surface area contributed by atoms with Crippen LogP contribution in [0.4, 0.5) is 5.69 Å². The van der Waals surface area contributed by atoms with E-state index in [4.69, 9.17) is 0 Å². The van der Waals surface area contributed by atoms with Gasteiger partial charge in [0, 0.05) is 31.1 Å². The Morgan fingerprint density at radius 3 is 2.12 bits per heavy atom. The van der Waals surface area contributed by atoms with E-state index < -0.39 is 0 Å². The molecular formula is C15H23NO. The number of hydrogen-bond donors (Lipinski definition) is 0. The van der Waals surface area contributed by atoms with Crippen LogP contribution >= 0.6 is 0 Å². The monoisotopic (exact) mass is 233 g/mol. The Hall–Kier alpha value is -1.31. The van der Waals surface area contributed by atoms with Crippen LogP contribution in [0.2, 0.25) is 0 Å². The third-order valence-electron chi connectivity index (χ3n) is 3.13. The number of anilines is 1. The molecule has 1 aromatic rings. The van der Waals surface area contributed by atoms with Gasteiger partial charge in [-0.25, -0.2) is 0 Å². The van der Waals surface area contributed by atoms with Crippen molar-refractivity contribution in [3.8, 4) is 0 Å². The molecule has 0 saturated carbocycles. The number of hydrogen-bond acceptors (Lipinski definition) is 2. The van der Waals surface area contributed by atoms with E-state index in [-0.39, 0.29) is 5.54 Å². The Balaban J connectivity index is 2.78. The number of carbonyl (C=O) groups is 1. The third kappa shape index (κ3) is 3.88. The Bertz CT molecular complexity index is 373. The topological polar surface area (TPSA) is 20.3 Å². The van der Waals surface area contributed by atoms with Gasteiger partial charge in [-0.15, -0.1) is 0 Å². The lowest BCUT2D eigenvalue weighted by atomic mass is 10.0. The van der Waals surface area contributed by atoms with E-state index in [1.807, 2.05) is 19.1 Å². The first-order valence-electron chi connectivity index (χ1n) is 6.19. The Labute approximate surface area is 105 Å². The Kier molecular flexibility index (Phi) is 4.33. The first-order chi connectivity index (χ1) is 7.84. The molecule has 0 aromatic heterocycles. The third-order valence-corrected chi connectivity index (χ3v) is 3.13. The van der Waals surface area contributed by atoms with Crippen molar-refractivity contribution < 1.29 is 4.79 Å². The fourth-order valence-corrected chi connectivity index (χ4v) is 1.58. The van der Waals surface area contributed by atoms with Crippen LogP contribution in [-0.2, 0) is 11.2 Å². The molecule has 0 aliphatic carbocycles. The summed E-state index contributed by atoms with van der Waals surface area (Å²) in [7, 11) is 2.09. The van der Waals surface area contributed by atoms with Crippen molar-refractivity contribution in [3.63, 3.8) is 0 Å². The van der Waals surface area contributed by atoms with E-state index in [0.29, 0.717) is 18.6 Å². The molecule has 0 saturated heterocycles. The molecule has 17 heavy (non-hydrogen) atoms. The largest absolute Gasteiger partial charge is 0.370 e. The first kappa shape index (κ1) is 13.8. The molecule has 0 radical (unpaired) electrons. The van der Waals surface area contributed by atoms with Crippen LogP contribution in [0, 0.1) is 0 Å². The fraction of sp³-hybridized carbons (Fsp3) is 0.533. The van der Waals surface area contributed by atoms with Crippen LogP contribution in [0.1, 0.15) is 39.7 Å². The summed E-state index contributed by atoms with van der Waals surface area (Å²) in [5.41, 5.74) is 2.40. The summed E-state index contributed by atoms with van der Waals surface area (Å²) < 4.78 is 0. The maximum atomic E-state index is 11.3. The number of ketones is 1. The van der Waals surface area contributed by atoms with E-state index in [1.54, 1.807) is 0 Å². The van der Waals surface area contributed by atoms with Gasteiger partial charge in [0.25, 0.3) is 0 Å². The summed E-state index contributed by atoms with van der Waals surface area (Å²) in [5.74, 6) is 0.293. The van der Waals surface area contributed by atoms with Gasteiger partial charge >= 0.3 is 0 Å². The molecule has 1 rings (SSSR count). The summed E-state index contributed by atoms with van der Waals surface area (Å²) in [4.78, 5) is 13.6. The highest BCUT2D eigenvalue weighted by molar-refractivity contribution is 5.80. The number of Topliss-reactive ketones (excluding diaryl/α,β-unsaturated/α-hetero) is 1. The normalized spacial score (nSPS) is 11.4. The van der Waals surface area contributed by atoms with Gasteiger partial charge in [0.15, 0.2) is 0 Å². The summed E-state index contributed by atoms with van der Waals surface area (Å²) >= 11 is 0. The van der Waals surface area contributed by atoms with E-state index in [9.17, 15) is 4.79 Å². The maximum absolute atomic E-state index is 11.3. The van der Waals surface area contributed by atoms with E-state index in [2.05, 4.69) is 44.9 Å².